The van der Waals surface area contributed by atoms with Gasteiger partial charge in [-0.25, -0.2) is 8.42 Å². The third kappa shape index (κ3) is 4.49. The molecule has 4 nitrogen and oxygen atoms in total. The number of hydrogen-bond acceptors (Lipinski definition) is 4. The first-order valence-electron chi connectivity index (χ1n) is 5.53. The van der Waals surface area contributed by atoms with Crippen LogP contribution in [0.1, 0.15) is 26.2 Å². The molecule has 5 heteroatoms. The maximum atomic E-state index is 11.2. The van der Waals surface area contributed by atoms with Gasteiger partial charge in [-0.05, 0) is 19.3 Å². The lowest BCUT2D eigenvalue weighted by molar-refractivity contribution is 0.157. The highest BCUT2D eigenvalue weighted by molar-refractivity contribution is 7.91. The summed E-state index contributed by atoms with van der Waals surface area (Å²) < 4.78 is 27.5. The topological polar surface area (TPSA) is 55.4 Å². The molecule has 0 aromatic carbocycles. The molecule has 0 saturated carbocycles. The van der Waals surface area contributed by atoms with E-state index in [2.05, 4.69) is 12.2 Å². The summed E-state index contributed by atoms with van der Waals surface area (Å²) in [6, 6.07) is 0.689. The van der Waals surface area contributed by atoms with Gasteiger partial charge in [0.05, 0.1) is 18.1 Å². The highest BCUT2D eigenvalue weighted by Gasteiger charge is 2.24. The van der Waals surface area contributed by atoms with Gasteiger partial charge < -0.3 is 10.1 Å². The highest BCUT2D eigenvalue weighted by atomic mass is 32.2. The second-order valence-electron chi connectivity index (χ2n) is 4.15. The van der Waals surface area contributed by atoms with Crippen LogP contribution in [0.5, 0.6) is 0 Å². The molecule has 1 unspecified atom stereocenters. The minimum absolute atomic E-state index is 0.327. The van der Waals surface area contributed by atoms with Gasteiger partial charge in [0.25, 0.3) is 0 Å². The zero-order chi connectivity index (χ0) is 11.3. The standard InChI is InChI=1S/C10H21NO3S/c1-3-9(8-14-2)11-10-4-6-15(12,13)7-5-10/h9-11H,3-8H2,1-2H3. The zero-order valence-corrected chi connectivity index (χ0v) is 10.3. The van der Waals surface area contributed by atoms with Gasteiger partial charge in [-0.2, -0.15) is 0 Å². The molecule has 0 aromatic heterocycles. The third-order valence-electron chi connectivity index (χ3n) is 2.89. The summed E-state index contributed by atoms with van der Waals surface area (Å²) in [6.45, 7) is 2.80. The number of ether oxygens (including phenoxy) is 1. The molecular weight excluding hydrogens is 214 g/mol. The van der Waals surface area contributed by atoms with Crippen LogP contribution < -0.4 is 5.32 Å². The second-order valence-corrected chi connectivity index (χ2v) is 6.46. The Kier molecular flexibility index (Phi) is 5.02. The first-order chi connectivity index (χ1) is 7.07. The average Bonchev–Trinajstić information content (AvgIpc) is 2.20. The van der Waals surface area contributed by atoms with Gasteiger partial charge in [0, 0.05) is 19.2 Å². The lowest BCUT2D eigenvalue weighted by Gasteiger charge is -2.27. The summed E-state index contributed by atoms with van der Waals surface area (Å²) in [5.74, 6) is 0.655. The predicted molar refractivity (Wildman–Crippen MR) is 60.8 cm³/mol. The van der Waals surface area contributed by atoms with Gasteiger partial charge in [-0.3, -0.25) is 0 Å². The predicted octanol–water partition coefficient (Wildman–Crippen LogP) is 0.578. The van der Waals surface area contributed by atoms with E-state index in [0.717, 1.165) is 19.3 Å². The Morgan fingerprint density at radius 3 is 2.47 bits per heavy atom. The van der Waals surface area contributed by atoms with Gasteiger partial charge in [-0.15, -0.1) is 0 Å². The number of hydrogen-bond donors (Lipinski definition) is 1. The fourth-order valence-electron chi connectivity index (χ4n) is 1.88. The molecule has 0 bridgehead atoms. The summed E-state index contributed by atoms with van der Waals surface area (Å²) in [5, 5.41) is 3.45. The lowest BCUT2D eigenvalue weighted by Crippen LogP contribution is -2.44. The Hall–Kier alpha value is -0.130. The summed E-state index contributed by atoms with van der Waals surface area (Å²) in [7, 11) is -1.05. The Morgan fingerprint density at radius 2 is 2.00 bits per heavy atom. The molecule has 0 radical (unpaired) electrons. The van der Waals surface area contributed by atoms with Crippen molar-refractivity contribution >= 4 is 9.84 Å². The summed E-state index contributed by atoms with van der Waals surface area (Å²) in [6.07, 6.45) is 2.49. The van der Waals surface area contributed by atoms with Gasteiger partial charge >= 0.3 is 0 Å². The van der Waals surface area contributed by atoms with Gasteiger partial charge in [0.2, 0.25) is 0 Å². The number of sulfone groups is 1. The van der Waals surface area contributed by atoms with E-state index >= 15 is 0 Å². The van der Waals surface area contributed by atoms with Crippen LogP contribution in [0.3, 0.4) is 0 Å². The van der Waals surface area contributed by atoms with Crippen molar-refractivity contribution in [3.05, 3.63) is 0 Å². The second kappa shape index (κ2) is 5.82. The van der Waals surface area contributed by atoms with Crippen molar-refractivity contribution in [1.82, 2.24) is 5.32 Å². The van der Waals surface area contributed by atoms with E-state index in [1.807, 2.05) is 0 Å². The molecule has 15 heavy (non-hydrogen) atoms. The minimum Gasteiger partial charge on any atom is -0.383 e. The van der Waals surface area contributed by atoms with Crippen LogP contribution in [0.25, 0.3) is 0 Å². The van der Waals surface area contributed by atoms with Crippen LogP contribution in [0, 0.1) is 0 Å². The Labute approximate surface area is 92.3 Å². The lowest BCUT2D eigenvalue weighted by atomic mass is 10.1. The van der Waals surface area contributed by atoms with Crippen LogP contribution in [0.15, 0.2) is 0 Å². The summed E-state index contributed by atoms with van der Waals surface area (Å²) >= 11 is 0. The van der Waals surface area contributed by atoms with Gasteiger partial charge in [-0.1, -0.05) is 6.92 Å². The van der Waals surface area contributed by atoms with Crippen LogP contribution in [0.4, 0.5) is 0 Å². The van der Waals surface area contributed by atoms with Crippen LogP contribution in [-0.2, 0) is 14.6 Å². The molecule has 1 aliphatic heterocycles. The van der Waals surface area contributed by atoms with Crippen molar-refractivity contribution in [2.45, 2.75) is 38.3 Å². The quantitative estimate of drug-likeness (QED) is 0.757. The zero-order valence-electron chi connectivity index (χ0n) is 9.53. The number of nitrogens with one attached hydrogen (secondary N) is 1. The highest BCUT2D eigenvalue weighted by Crippen LogP contribution is 2.13. The molecule has 1 N–H and O–H groups in total. The van der Waals surface area contributed by atoms with E-state index in [-0.39, 0.29) is 0 Å². The molecule has 0 spiro atoms. The maximum Gasteiger partial charge on any atom is 0.150 e. The minimum atomic E-state index is -2.74. The molecule has 1 rings (SSSR count). The van der Waals surface area contributed by atoms with E-state index in [1.165, 1.54) is 0 Å². The fourth-order valence-corrected chi connectivity index (χ4v) is 3.37. The molecule has 1 heterocycles. The van der Waals surface area contributed by atoms with Crippen LogP contribution in [-0.4, -0.2) is 45.7 Å². The molecule has 1 atom stereocenters. The van der Waals surface area contributed by atoms with E-state index in [0.29, 0.717) is 30.2 Å². The van der Waals surface area contributed by atoms with Crippen molar-refractivity contribution in [3.8, 4) is 0 Å². The van der Waals surface area contributed by atoms with E-state index in [1.54, 1.807) is 7.11 Å². The van der Waals surface area contributed by atoms with E-state index < -0.39 is 9.84 Å². The van der Waals surface area contributed by atoms with Crippen LogP contribution >= 0.6 is 0 Å². The van der Waals surface area contributed by atoms with Crippen LogP contribution in [0.2, 0.25) is 0 Å². The monoisotopic (exact) mass is 235 g/mol. The Bertz CT molecular complexity index is 262. The molecular formula is C10H21NO3S. The Balaban J connectivity index is 2.34. The van der Waals surface area contributed by atoms with Crippen molar-refractivity contribution < 1.29 is 13.2 Å². The summed E-state index contributed by atoms with van der Waals surface area (Å²) in [5.41, 5.74) is 0. The molecule has 1 fully saturated rings. The number of rotatable bonds is 5. The van der Waals surface area contributed by atoms with E-state index in [9.17, 15) is 8.42 Å². The Morgan fingerprint density at radius 1 is 1.40 bits per heavy atom. The molecule has 90 valence electrons. The molecule has 1 saturated heterocycles. The SMILES string of the molecule is CCC(COC)NC1CCS(=O)(=O)CC1. The summed E-state index contributed by atoms with van der Waals surface area (Å²) in [4.78, 5) is 0. The van der Waals surface area contributed by atoms with E-state index in [4.69, 9.17) is 4.74 Å². The smallest absolute Gasteiger partial charge is 0.150 e. The number of methoxy groups -OCH3 is 1. The third-order valence-corrected chi connectivity index (χ3v) is 4.60. The molecule has 0 aromatic rings. The maximum absolute atomic E-state index is 11.2. The van der Waals surface area contributed by atoms with Crippen molar-refractivity contribution in [3.63, 3.8) is 0 Å². The fraction of sp³-hybridized carbons (Fsp3) is 1.00. The first-order valence-corrected chi connectivity index (χ1v) is 7.35. The molecule has 0 amide bonds. The molecule has 0 aliphatic carbocycles. The van der Waals surface area contributed by atoms with Crippen molar-refractivity contribution in [1.29, 1.82) is 0 Å². The first kappa shape index (κ1) is 12.9. The van der Waals surface area contributed by atoms with Crippen molar-refractivity contribution in [2.24, 2.45) is 0 Å². The average molecular weight is 235 g/mol. The van der Waals surface area contributed by atoms with Crippen molar-refractivity contribution in [2.75, 3.05) is 25.2 Å². The molecule has 1 aliphatic rings. The van der Waals surface area contributed by atoms with Gasteiger partial charge in [0.1, 0.15) is 9.84 Å². The van der Waals surface area contributed by atoms with Gasteiger partial charge in [0.15, 0.2) is 0 Å². The largest absolute Gasteiger partial charge is 0.383 e. The normalized spacial score (nSPS) is 23.9.